The standard InChI is InChI=1S/C14H14FN5S/c1-9(2)13-18-14(21-19-13)17-10-7-16-20(8-10)12-6-4-3-5-11(12)15/h3-9H,1-2H3,(H,17,18,19). The Labute approximate surface area is 125 Å². The van der Waals surface area contributed by atoms with E-state index in [1.165, 1.54) is 22.3 Å². The molecular weight excluding hydrogens is 289 g/mol. The molecule has 3 aromatic rings. The first-order valence-electron chi connectivity index (χ1n) is 6.53. The van der Waals surface area contributed by atoms with Crippen molar-refractivity contribution in [3.05, 3.63) is 48.3 Å². The molecule has 7 heteroatoms. The molecule has 5 nitrogen and oxygen atoms in total. The average Bonchev–Trinajstić information content (AvgIpc) is 3.09. The third-order valence-corrected chi connectivity index (χ3v) is 3.54. The first kappa shape index (κ1) is 13.7. The molecule has 0 bridgehead atoms. The second kappa shape index (κ2) is 5.61. The van der Waals surface area contributed by atoms with E-state index in [1.807, 2.05) is 13.8 Å². The number of anilines is 2. The lowest BCUT2D eigenvalue weighted by atomic mass is 10.2. The van der Waals surface area contributed by atoms with Crippen LogP contribution in [0.25, 0.3) is 5.69 Å². The molecular formula is C14H14FN5S. The van der Waals surface area contributed by atoms with Crippen LogP contribution in [0.1, 0.15) is 25.6 Å². The van der Waals surface area contributed by atoms with Gasteiger partial charge in [0.1, 0.15) is 17.3 Å². The number of hydrogen-bond acceptors (Lipinski definition) is 5. The molecule has 0 spiro atoms. The first-order valence-corrected chi connectivity index (χ1v) is 7.31. The van der Waals surface area contributed by atoms with Gasteiger partial charge >= 0.3 is 0 Å². The topological polar surface area (TPSA) is 55.6 Å². The third kappa shape index (κ3) is 2.92. The van der Waals surface area contributed by atoms with Gasteiger partial charge in [-0.1, -0.05) is 26.0 Å². The zero-order chi connectivity index (χ0) is 14.8. The lowest BCUT2D eigenvalue weighted by molar-refractivity contribution is 0.611. The SMILES string of the molecule is CC(C)c1nsc(Nc2cnn(-c3ccccc3F)c2)n1. The maximum atomic E-state index is 13.7. The van der Waals surface area contributed by atoms with E-state index in [0.717, 1.165) is 11.5 Å². The van der Waals surface area contributed by atoms with Crippen LogP contribution in [0.5, 0.6) is 0 Å². The van der Waals surface area contributed by atoms with Crippen LogP contribution in [0.3, 0.4) is 0 Å². The van der Waals surface area contributed by atoms with E-state index in [9.17, 15) is 4.39 Å². The maximum absolute atomic E-state index is 13.7. The Morgan fingerprint density at radius 2 is 2.10 bits per heavy atom. The molecule has 1 aromatic carbocycles. The summed E-state index contributed by atoms with van der Waals surface area (Å²) in [7, 11) is 0. The molecule has 3 rings (SSSR count). The van der Waals surface area contributed by atoms with Crippen LogP contribution in [0.15, 0.2) is 36.7 Å². The van der Waals surface area contributed by atoms with Gasteiger partial charge in [-0.25, -0.2) is 14.1 Å². The Morgan fingerprint density at radius 1 is 1.29 bits per heavy atom. The normalized spacial score (nSPS) is 11.0. The number of aromatic nitrogens is 4. The van der Waals surface area contributed by atoms with Gasteiger partial charge in [0.25, 0.3) is 0 Å². The van der Waals surface area contributed by atoms with E-state index in [2.05, 4.69) is 19.8 Å². The fourth-order valence-electron chi connectivity index (χ4n) is 1.80. The second-order valence-corrected chi connectivity index (χ2v) is 5.61. The number of nitrogens with zero attached hydrogens (tertiary/aromatic N) is 4. The summed E-state index contributed by atoms with van der Waals surface area (Å²) in [6, 6.07) is 6.50. The molecule has 0 atom stereocenters. The van der Waals surface area contributed by atoms with Crippen LogP contribution in [-0.2, 0) is 0 Å². The van der Waals surface area contributed by atoms with Crippen LogP contribution in [-0.4, -0.2) is 19.1 Å². The molecule has 1 N–H and O–H groups in total. The molecule has 0 aliphatic carbocycles. The van der Waals surface area contributed by atoms with Crippen LogP contribution >= 0.6 is 11.5 Å². The minimum atomic E-state index is -0.315. The molecule has 0 radical (unpaired) electrons. The highest BCUT2D eigenvalue weighted by atomic mass is 32.1. The molecule has 0 saturated heterocycles. The van der Waals surface area contributed by atoms with E-state index in [1.54, 1.807) is 30.6 Å². The second-order valence-electron chi connectivity index (χ2n) is 4.86. The Hall–Kier alpha value is -2.28. The van der Waals surface area contributed by atoms with E-state index in [-0.39, 0.29) is 11.7 Å². The molecule has 21 heavy (non-hydrogen) atoms. The predicted molar refractivity (Wildman–Crippen MR) is 80.8 cm³/mol. The molecule has 0 unspecified atom stereocenters. The Kier molecular flexibility index (Phi) is 3.66. The summed E-state index contributed by atoms with van der Waals surface area (Å²) in [5, 5.41) is 7.98. The molecule has 2 heterocycles. The highest BCUT2D eigenvalue weighted by molar-refractivity contribution is 7.09. The highest BCUT2D eigenvalue weighted by Gasteiger charge is 2.10. The smallest absolute Gasteiger partial charge is 0.207 e. The van der Waals surface area contributed by atoms with Gasteiger partial charge in [0.2, 0.25) is 5.13 Å². The van der Waals surface area contributed by atoms with Gasteiger partial charge in [-0.3, -0.25) is 0 Å². The van der Waals surface area contributed by atoms with Gasteiger partial charge in [0, 0.05) is 17.5 Å². The van der Waals surface area contributed by atoms with Gasteiger partial charge in [0.15, 0.2) is 0 Å². The number of nitrogens with one attached hydrogen (secondary N) is 1. The van der Waals surface area contributed by atoms with Crippen molar-refractivity contribution in [2.45, 2.75) is 19.8 Å². The Balaban J connectivity index is 1.80. The van der Waals surface area contributed by atoms with Crippen LogP contribution in [0.2, 0.25) is 0 Å². The van der Waals surface area contributed by atoms with Crippen molar-refractivity contribution in [3.63, 3.8) is 0 Å². The molecule has 108 valence electrons. The average molecular weight is 303 g/mol. The maximum Gasteiger partial charge on any atom is 0.207 e. The van der Waals surface area contributed by atoms with Gasteiger partial charge in [-0.2, -0.15) is 9.47 Å². The lowest BCUT2D eigenvalue weighted by Crippen LogP contribution is -1.97. The lowest BCUT2D eigenvalue weighted by Gasteiger charge is -2.01. The fourth-order valence-corrected chi connectivity index (χ4v) is 2.53. The highest BCUT2D eigenvalue weighted by Crippen LogP contribution is 2.22. The molecule has 2 aromatic heterocycles. The van der Waals surface area contributed by atoms with Crippen molar-refractivity contribution in [3.8, 4) is 5.69 Å². The van der Waals surface area contributed by atoms with Crippen molar-refractivity contribution in [1.82, 2.24) is 19.1 Å². The van der Waals surface area contributed by atoms with E-state index in [4.69, 9.17) is 0 Å². The molecule has 0 saturated carbocycles. The van der Waals surface area contributed by atoms with Crippen LogP contribution in [0, 0.1) is 5.82 Å². The largest absolute Gasteiger partial charge is 0.328 e. The predicted octanol–water partition coefficient (Wildman–Crippen LogP) is 3.73. The molecule has 0 amide bonds. The fraction of sp³-hybridized carbons (Fsp3) is 0.214. The van der Waals surface area contributed by atoms with E-state index < -0.39 is 0 Å². The third-order valence-electron chi connectivity index (χ3n) is 2.89. The summed E-state index contributed by atoms with van der Waals surface area (Å²) in [4.78, 5) is 4.39. The Bertz CT molecular complexity index is 749. The van der Waals surface area contributed by atoms with Crippen molar-refractivity contribution >= 4 is 22.4 Å². The molecule has 0 aliphatic rings. The zero-order valence-electron chi connectivity index (χ0n) is 11.6. The van der Waals surface area contributed by atoms with Crippen LogP contribution in [0.4, 0.5) is 15.2 Å². The number of para-hydroxylation sites is 1. The van der Waals surface area contributed by atoms with Crippen molar-refractivity contribution in [1.29, 1.82) is 0 Å². The Morgan fingerprint density at radius 3 is 2.81 bits per heavy atom. The van der Waals surface area contributed by atoms with Gasteiger partial charge in [-0.15, -0.1) is 0 Å². The summed E-state index contributed by atoms with van der Waals surface area (Å²) >= 11 is 1.30. The first-order chi connectivity index (χ1) is 10.1. The quantitative estimate of drug-likeness (QED) is 0.798. The number of rotatable bonds is 4. The van der Waals surface area contributed by atoms with Crippen LogP contribution < -0.4 is 5.32 Å². The molecule has 0 fully saturated rings. The molecule has 0 aliphatic heterocycles. The van der Waals surface area contributed by atoms with Gasteiger partial charge in [-0.05, 0) is 12.1 Å². The number of hydrogen-bond donors (Lipinski definition) is 1. The van der Waals surface area contributed by atoms with E-state index >= 15 is 0 Å². The van der Waals surface area contributed by atoms with Gasteiger partial charge < -0.3 is 5.32 Å². The minimum absolute atomic E-state index is 0.290. The summed E-state index contributed by atoms with van der Waals surface area (Å²) in [6.45, 7) is 4.09. The number of halogens is 1. The van der Waals surface area contributed by atoms with Gasteiger partial charge in [0.05, 0.1) is 18.1 Å². The monoisotopic (exact) mass is 303 g/mol. The van der Waals surface area contributed by atoms with Crippen molar-refractivity contribution in [2.75, 3.05) is 5.32 Å². The number of benzene rings is 1. The van der Waals surface area contributed by atoms with E-state index in [0.29, 0.717) is 10.8 Å². The summed E-state index contributed by atoms with van der Waals surface area (Å²) in [5.74, 6) is 0.784. The summed E-state index contributed by atoms with van der Waals surface area (Å²) < 4.78 is 19.5. The van der Waals surface area contributed by atoms with Crippen molar-refractivity contribution in [2.24, 2.45) is 0 Å². The summed E-state index contributed by atoms with van der Waals surface area (Å²) in [5.41, 5.74) is 1.15. The zero-order valence-corrected chi connectivity index (χ0v) is 12.4. The van der Waals surface area contributed by atoms with Crippen molar-refractivity contribution < 1.29 is 4.39 Å². The minimum Gasteiger partial charge on any atom is -0.328 e. The summed E-state index contributed by atoms with van der Waals surface area (Å²) in [6.07, 6.45) is 3.34.